The molecule has 0 aromatic heterocycles. The molecule has 3 heteroatoms. The predicted octanol–water partition coefficient (Wildman–Crippen LogP) is 8.66. The number of nitrogens with zero attached hydrogens (tertiary/aromatic N) is 1. The highest BCUT2D eigenvalue weighted by Crippen LogP contribution is 2.28. The van der Waals surface area contributed by atoms with Crippen molar-refractivity contribution in [1.82, 2.24) is 5.32 Å². The lowest BCUT2D eigenvalue weighted by atomic mass is 9.89. The Morgan fingerprint density at radius 2 is 1.44 bits per heavy atom. The van der Waals surface area contributed by atoms with Gasteiger partial charge in [0.2, 0.25) is 0 Å². The number of fused-ring (bicyclic) bond motifs is 1. The van der Waals surface area contributed by atoms with Crippen molar-refractivity contribution < 1.29 is 4.39 Å². The van der Waals surface area contributed by atoms with E-state index >= 15 is 0 Å². The van der Waals surface area contributed by atoms with Crippen LogP contribution in [0, 0.1) is 5.82 Å². The fourth-order valence-electron chi connectivity index (χ4n) is 6.02. The highest BCUT2D eigenvalue weighted by molar-refractivity contribution is 5.57. The molecule has 1 fully saturated rings. The van der Waals surface area contributed by atoms with Gasteiger partial charge in [0, 0.05) is 18.8 Å². The summed E-state index contributed by atoms with van der Waals surface area (Å²) in [4.78, 5) is 2.55. The zero-order valence-electron chi connectivity index (χ0n) is 24.4. The fraction of sp³-hybridized carbons (Fsp3) is 0.500. The number of piperidine rings is 1. The third kappa shape index (κ3) is 9.21. The van der Waals surface area contributed by atoms with E-state index in [0.717, 1.165) is 38.3 Å². The van der Waals surface area contributed by atoms with E-state index in [2.05, 4.69) is 66.5 Å². The molecule has 2 heterocycles. The standard InChI is InChI=1S/C22H28FN.C14H21N/c23-22-12-8-19(9-13-22)5-3-1-2-4-18-6-10-20(11-7-18)21-14-16-24-17-15-21;1-3-9-15-10-5-6-13-8-7-12(4-2)11-14(13)15/h6-13,21,24H,1-5,14-17H2;7-8,11H,3-6,9-10H2,1-2H3. The van der Waals surface area contributed by atoms with E-state index in [9.17, 15) is 4.39 Å². The van der Waals surface area contributed by atoms with Crippen molar-refractivity contribution >= 4 is 5.69 Å². The lowest BCUT2D eigenvalue weighted by Crippen LogP contribution is -2.30. The minimum Gasteiger partial charge on any atom is -0.371 e. The normalized spacial score (nSPS) is 15.4. The summed E-state index contributed by atoms with van der Waals surface area (Å²) in [6.07, 6.45) is 13.4. The Labute approximate surface area is 237 Å². The van der Waals surface area contributed by atoms with Gasteiger partial charge in [-0.3, -0.25) is 0 Å². The Balaban J connectivity index is 0.000000202. The van der Waals surface area contributed by atoms with E-state index in [0.29, 0.717) is 0 Å². The summed E-state index contributed by atoms with van der Waals surface area (Å²) in [6.45, 7) is 9.25. The number of rotatable bonds is 10. The average molecular weight is 529 g/mol. The van der Waals surface area contributed by atoms with Crippen molar-refractivity contribution in [2.45, 2.75) is 90.4 Å². The first-order valence-corrected chi connectivity index (χ1v) is 15.6. The second-order valence-corrected chi connectivity index (χ2v) is 11.4. The van der Waals surface area contributed by atoms with Crippen LogP contribution in [-0.4, -0.2) is 26.2 Å². The van der Waals surface area contributed by atoms with Gasteiger partial charge in [0.1, 0.15) is 5.82 Å². The molecule has 2 nitrogen and oxygen atoms in total. The number of hydrogen-bond acceptors (Lipinski definition) is 2. The lowest BCUT2D eigenvalue weighted by Gasteiger charge is -2.31. The molecule has 5 rings (SSSR count). The van der Waals surface area contributed by atoms with E-state index < -0.39 is 0 Å². The van der Waals surface area contributed by atoms with Crippen molar-refractivity contribution in [3.63, 3.8) is 0 Å². The van der Waals surface area contributed by atoms with Crippen LogP contribution >= 0.6 is 0 Å². The average Bonchev–Trinajstić information content (AvgIpc) is 2.99. The summed E-state index contributed by atoms with van der Waals surface area (Å²) in [6, 6.07) is 23.2. The van der Waals surface area contributed by atoms with Crippen LogP contribution in [0.2, 0.25) is 0 Å². The molecule has 0 atom stereocenters. The van der Waals surface area contributed by atoms with Gasteiger partial charge in [0.25, 0.3) is 0 Å². The fourth-order valence-corrected chi connectivity index (χ4v) is 6.02. The first-order chi connectivity index (χ1) is 19.2. The minimum absolute atomic E-state index is 0.147. The summed E-state index contributed by atoms with van der Waals surface area (Å²) in [5, 5.41) is 3.43. The third-order valence-electron chi connectivity index (χ3n) is 8.40. The highest BCUT2D eigenvalue weighted by atomic mass is 19.1. The number of halogens is 1. The lowest BCUT2D eigenvalue weighted by molar-refractivity contribution is 0.460. The molecule has 0 radical (unpaired) electrons. The third-order valence-corrected chi connectivity index (χ3v) is 8.40. The van der Waals surface area contributed by atoms with Gasteiger partial charge in [-0.1, -0.05) is 68.8 Å². The monoisotopic (exact) mass is 528 g/mol. The number of benzene rings is 3. The van der Waals surface area contributed by atoms with Crippen LogP contribution in [0.15, 0.2) is 66.7 Å². The van der Waals surface area contributed by atoms with Gasteiger partial charge in [0.05, 0.1) is 0 Å². The number of aryl methyl sites for hydroxylation is 4. The van der Waals surface area contributed by atoms with Crippen LogP contribution in [0.3, 0.4) is 0 Å². The number of unbranched alkanes of at least 4 members (excludes halogenated alkanes) is 2. The second-order valence-electron chi connectivity index (χ2n) is 11.4. The molecule has 3 aromatic carbocycles. The summed E-state index contributed by atoms with van der Waals surface area (Å²) in [7, 11) is 0. The van der Waals surface area contributed by atoms with Crippen molar-refractivity contribution in [3.05, 3.63) is 100 Å². The zero-order chi connectivity index (χ0) is 27.3. The Morgan fingerprint density at radius 3 is 2.08 bits per heavy atom. The second kappa shape index (κ2) is 15.8. The molecule has 0 bridgehead atoms. The molecule has 0 saturated carbocycles. The van der Waals surface area contributed by atoms with Crippen molar-refractivity contribution in [3.8, 4) is 0 Å². The van der Waals surface area contributed by atoms with Crippen LogP contribution in [0.1, 0.15) is 92.5 Å². The molecule has 1 N–H and O–H groups in total. The van der Waals surface area contributed by atoms with Crippen LogP contribution < -0.4 is 10.2 Å². The van der Waals surface area contributed by atoms with Gasteiger partial charge in [-0.15, -0.1) is 0 Å². The molecule has 0 spiro atoms. The van der Waals surface area contributed by atoms with Crippen LogP contribution in [0.4, 0.5) is 10.1 Å². The number of nitrogens with one attached hydrogen (secondary N) is 1. The quantitative estimate of drug-likeness (QED) is 0.265. The van der Waals surface area contributed by atoms with Gasteiger partial charge in [-0.05, 0) is 129 Å². The molecule has 0 amide bonds. The summed E-state index contributed by atoms with van der Waals surface area (Å²) < 4.78 is 12.9. The molecule has 2 aliphatic rings. The molecule has 2 aliphatic heterocycles. The summed E-state index contributed by atoms with van der Waals surface area (Å²) in [5.74, 6) is 0.600. The van der Waals surface area contributed by atoms with Gasteiger partial charge in [-0.2, -0.15) is 0 Å². The Bertz CT molecular complexity index is 1100. The molecule has 1 saturated heterocycles. The maximum atomic E-state index is 12.9. The van der Waals surface area contributed by atoms with E-state index in [1.807, 2.05) is 12.1 Å². The Hall–Kier alpha value is -2.65. The smallest absolute Gasteiger partial charge is 0.123 e. The van der Waals surface area contributed by atoms with Gasteiger partial charge in [0.15, 0.2) is 0 Å². The number of hydrogen-bond donors (Lipinski definition) is 1. The van der Waals surface area contributed by atoms with Crippen LogP contribution in [0.5, 0.6) is 0 Å². The first kappa shape index (κ1) is 29.3. The van der Waals surface area contributed by atoms with E-state index in [4.69, 9.17) is 0 Å². The molecule has 0 unspecified atom stereocenters. The molecule has 39 heavy (non-hydrogen) atoms. The van der Waals surface area contributed by atoms with Crippen molar-refractivity contribution in [2.24, 2.45) is 0 Å². The van der Waals surface area contributed by atoms with Crippen molar-refractivity contribution in [2.75, 3.05) is 31.1 Å². The SMILES string of the molecule is CCCN1CCCc2ccc(CC)cc21.Fc1ccc(CCCCCc2ccc(C3CCNCC3)cc2)cc1. The zero-order valence-corrected chi connectivity index (χ0v) is 24.4. The largest absolute Gasteiger partial charge is 0.371 e. The molecule has 0 aliphatic carbocycles. The molecule has 210 valence electrons. The van der Waals surface area contributed by atoms with Crippen LogP contribution in [-0.2, 0) is 25.7 Å². The minimum atomic E-state index is -0.147. The Kier molecular flexibility index (Phi) is 11.9. The maximum absolute atomic E-state index is 12.9. The van der Waals surface area contributed by atoms with E-state index in [1.54, 1.807) is 17.7 Å². The van der Waals surface area contributed by atoms with Gasteiger partial charge >= 0.3 is 0 Å². The van der Waals surface area contributed by atoms with Gasteiger partial charge < -0.3 is 10.2 Å². The summed E-state index contributed by atoms with van der Waals surface area (Å²) >= 11 is 0. The molecular formula is C36H49FN2. The maximum Gasteiger partial charge on any atom is 0.123 e. The van der Waals surface area contributed by atoms with Crippen molar-refractivity contribution in [1.29, 1.82) is 0 Å². The molecule has 3 aromatic rings. The van der Waals surface area contributed by atoms with E-state index in [-0.39, 0.29) is 5.82 Å². The van der Waals surface area contributed by atoms with E-state index in [1.165, 1.54) is 92.4 Å². The van der Waals surface area contributed by atoms with Gasteiger partial charge in [-0.25, -0.2) is 4.39 Å². The molecular weight excluding hydrogens is 479 g/mol. The Morgan fingerprint density at radius 1 is 0.795 bits per heavy atom. The topological polar surface area (TPSA) is 15.3 Å². The highest BCUT2D eigenvalue weighted by Gasteiger charge is 2.16. The first-order valence-electron chi connectivity index (χ1n) is 15.6. The summed E-state index contributed by atoms with van der Waals surface area (Å²) in [5.41, 5.74) is 8.72. The van der Waals surface area contributed by atoms with Crippen LogP contribution in [0.25, 0.3) is 0 Å². The predicted molar refractivity (Wildman–Crippen MR) is 166 cm³/mol. The number of anilines is 1.